The third kappa shape index (κ3) is 9.17. The Balaban J connectivity index is 1.09. The van der Waals surface area contributed by atoms with Crippen LogP contribution in [0.3, 0.4) is 0 Å². The Morgan fingerprint density at radius 1 is 0.250 bits per heavy atom. The third-order valence-corrected chi connectivity index (χ3v) is 22.7. The van der Waals surface area contributed by atoms with E-state index in [0.29, 0.717) is 0 Å². The van der Waals surface area contributed by atoms with Crippen molar-refractivity contribution in [3.63, 3.8) is 0 Å². The summed E-state index contributed by atoms with van der Waals surface area (Å²) in [5.41, 5.74) is 27.5. The SMILES string of the molecule is CC(C)(C)c1cc(-c2cc(-c3ccc4c(c3)c3ccccc3n4-c3ccccc3)c3c(c2)c2cc(-c4cc(C(C)(C)C)cc(C(C)(C)C)c4)cc4c5ccc6c(c7cc(-c8cc(C(C)(C)C)cc(C(C)(C)C)c8)cc8c9c%10ccccc%10sc9n6c87)c5n3c24)cc(C(C)(C)C)c1. The van der Waals surface area contributed by atoms with Crippen molar-refractivity contribution in [1.82, 2.24) is 13.4 Å². The molecule has 0 radical (unpaired) electrons. The van der Waals surface area contributed by atoms with E-state index in [0.717, 1.165) is 5.69 Å². The number of fused-ring (bicyclic) bond motifs is 18. The lowest BCUT2D eigenvalue weighted by molar-refractivity contribution is 0.568. The molecule has 0 amide bonds. The van der Waals surface area contributed by atoms with Gasteiger partial charge in [-0.3, -0.25) is 4.40 Å². The lowest BCUT2D eigenvalue weighted by Gasteiger charge is -2.26. The second-order valence-electron chi connectivity index (χ2n) is 34.4. The van der Waals surface area contributed by atoms with Crippen LogP contribution in [-0.2, 0) is 32.5 Å². The largest absolute Gasteiger partial charge is 0.309 e. The summed E-state index contributed by atoms with van der Waals surface area (Å²) in [6, 6.07) is 79.1. The number of rotatable bonds is 5. The van der Waals surface area contributed by atoms with E-state index in [1.165, 1.54) is 185 Å². The Bertz CT molecular complexity index is 6010. The van der Waals surface area contributed by atoms with E-state index in [1.807, 2.05) is 11.3 Å². The van der Waals surface area contributed by atoms with Gasteiger partial charge >= 0.3 is 0 Å². The maximum absolute atomic E-state index is 2.76. The van der Waals surface area contributed by atoms with Crippen LogP contribution in [0.25, 0.3) is 158 Å². The van der Waals surface area contributed by atoms with Gasteiger partial charge in [-0.25, -0.2) is 0 Å². The molecule has 0 aliphatic rings. The molecule has 6 heterocycles. The molecule has 0 bridgehead atoms. The zero-order valence-electron chi connectivity index (χ0n) is 59.3. The first-order valence-corrected chi connectivity index (χ1v) is 35.6. The van der Waals surface area contributed by atoms with Gasteiger partial charge in [0.25, 0.3) is 0 Å². The van der Waals surface area contributed by atoms with E-state index in [1.54, 1.807) is 0 Å². The lowest BCUT2D eigenvalue weighted by Crippen LogP contribution is -2.16. The van der Waals surface area contributed by atoms with Crippen LogP contribution in [0, 0.1) is 0 Å². The number of benzene rings is 11. The highest BCUT2D eigenvalue weighted by Crippen LogP contribution is 2.54. The fourth-order valence-electron chi connectivity index (χ4n) is 15.9. The van der Waals surface area contributed by atoms with E-state index < -0.39 is 0 Å². The second kappa shape index (κ2) is 20.2. The summed E-state index contributed by atoms with van der Waals surface area (Å²) in [6.07, 6.45) is 0. The number of hydrogen-bond donors (Lipinski definition) is 0. The zero-order valence-corrected chi connectivity index (χ0v) is 60.1. The molecule has 0 saturated heterocycles. The highest BCUT2D eigenvalue weighted by atomic mass is 32.1. The normalized spacial score (nSPS) is 13.5. The van der Waals surface area contributed by atoms with Crippen LogP contribution in [0.15, 0.2) is 200 Å². The fraction of sp³-hybridized carbons (Fsp3) is 0.261. The van der Waals surface area contributed by atoms with Gasteiger partial charge in [-0.15, -0.1) is 11.3 Å². The van der Waals surface area contributed by atoms with Crippen molar-refractivity contribution in [2.45, 2.75) is 157 Å². The van der Waals surface area contributed by atoms with Crippen LogP contribution < -0.4 is 0 Å². The van der Waals surface area contributed by atoms with Gasteiger partial charge in [0, 0.05) is 75.2 Å². The summed E-state index contributed by atoms with van der Waals surface area (Å²) in [4.78, 5) is 1.30. The van der Waals surface area contributed by atoms with Crippen molar-refractivity contribution >= 4 is 119 Å². The van der Waals surface area contributed by atoms with Crippen LogP contribution in [0.2, 0.25) is 0 Å². The maximum Gasteiger partial charge on any atom is 0.109 e. The van der Waals surface area contributed by atoms with Crippen molar-refractivity contribution in [2.24, 2.45) is 0 Å². The molecule has 17 rings (SSSR count). The molecule has 0 saturated carbocycles. The second-order valence-corrected chi connectivity index (χ2v) is 35.4. The quantitative estimate of drug-likeness (QED) is 0.163. The molecule has 476 valence electrons. The summed E-state index contributed by atoms with van der Waals surface area (Å²) in [5.74, 6) is 0. The summed E-state index contributed by atoms with van der Waals surface area (Å²) < 4.78 is 9.18. The first-order valence-electron chi connectivity index (χ1n) is 34.8. The minimum Gasteiger partial charge on any atom is -0.309 e. The molecule has 0 aliphatic heterocycles. The molecular weight excluding hydrogens is 1180 g/mol. The van der Waals surface area contributed by atoms with Gasteiger partial charge in [0.15, 0.2) is 0 Å². The first-order chi connectivity index (χ1) is 45.4. The molecule has 11 aromatic carbocycles. The van der Waals surface area contributed by atoms with Crippen molar-refractivity contribution in [2.75, 3.05) is 0 Å². The highest BCUT2D eigenvalue weighted by Gasteiger charge is 2.32. The molecule has 0 spiro atoms. The molecule has 0 atom stereocenters. The van der Waals surface area contributed by atoms with Crippen molar-refractivity contribution in [1.29, 1.82) is 0 Å². The number of nitrogens with zero attached hydrogens (tertiary/aromatic N) is 3. The van der Waals surface area contributed by atoms with Crippen LogP contribution >= 0.6 is 11.3 Å². The number of aromatic nitrogens is 3. The number of hydrogen-bond acceptors (Lipinski definition) is 1. The van der Waals surface area contributed by atoms with E-state index in [4.69, 9.17) is 0 Å². The standard InChI is InChI=1S/C92H87N3S/c1-87(2,3)59-36-53(37-60(49-59)88(4,5)6)56-43-69(52-32-34-77-70(42-52)66-28-22-24-30-76(66)93(77)65-26-20-19-21-27-65)82-72(45-56)73-46-57(54-38-61(89(7,8)9)50-62(39-54)90(10,11)12)44-71-67-33-35-78-81(85(67)95(82)83(71)73)75-48-58(55-40-63(91(13,14)15)51-64(41-55)92(16,17)18)47-74-80-68-29-23-25-31-79(68)96-86(80)94(78)84(74)75/h19-51H,1-18H3. The average molecular weight is 1270 g/mol. The van der Waals surface area contributed by atoms with Gasteiger partial charge in [0.1, 0.15) is 4.83 Å². The van der Waals surface area contributed by atoms with Crippen LogP contribution in [0.1, 0.15) is 158 Å². The van der Waals surface area contributed by atoms with Gasteiger partial charge in [-0.1, -0.05) is 246 Å². The molecule has 6 aromatic heterocycles. The Labute approximate surface area is 569 Å². The third-order valence-electron chi connectivity index (χ3n) is 21.5. The highest BCUT2D eigenvalue weighted by molar-refractivity contribution is 7.25. The molecule has 4 heteroatoms. The van der Waals surface area contributed by atoms with Gasteiger partial charge < -0.3 is 8.97 Å². The average Bonchev–Trinajstić information content (AvgIpc) is 1.50. The first kappa shape index (κ1) is 60.4. The predicted octanol–water partition coefficient (Wildman–Crippen LogP) is 26.8. The fourth-order valence-corrected chi connectivity index (χ4v) is 17.2. The van der Waals surface area contributed by atoms with E-state index in [2.05, 4.69) is 338 Å². The zero-order chi connectivity index (χ0) is 67.0. The van der Waals surface area contributed by atoms with Crippen molar-refractivity contribution < 1.29 is 0 Å². The number of para-hydroxylation sites is 2. The summed E-state index contributed by atoms with van der Waals surface area (Å²) in [6.45, 7) is 42.6. The van der Waals surface area contributed by atoms with Gasteiger partial charge in [0.05, 0.1) is 38.6 Å². The maximum atomic E-state index is 2.76. The van der Waals surface area contributed by atoms with Crippen LogP contribution in [0.4, 0.5) is 0 Å². The van der Waals surface area contributed by atoms with Crippen LogP contribution in [-0.4, -0.2) is 13.4 Å². The van der Waals surface area contributed by atoms with E-state index in [9.17, 15) is 0 Å². The Morgan fingerprint density at radius 2 is 0.646 bits per heavy atom. The van der Waals surface area contributed by atoms with Crippen molar-refractivity contribution in [3.8, 4) is 50.2 Å². The molecule has 0 unspecified atom stereocenters. The van der Waals surface area contributed by atoms with Crippen molar-refractivity contribution in [3.05, 3.63) is 234 Å². The van der Waals surface area contributed by atoms with Gasteiger partial charge in [0.2, 0.25) is 0 Å². The molecule has 17 aromatic rings. The predicted molar refractivity (Wildman–Crippen MR) is 419 cm³/mol. The van der Waals surface area contributed by atoms with E-state index in [-0.39, 0.29) is 32.5 Å². The molecule has 0 N–H and O–H groups in total. The summed E-state index contributed by atoms with van der Waals surface area (Å²) in [7, 11) is 0. The summed E-state index contributed by atoms with van der Waals surface area (Å²) in [5, 5.41) is 14.1. The lowest BCUT2D eigenvalue weighted by atomic mass is 9.78. The number of thiophene rings is 1. The Kier molecular flexibility index (Phi) is 12.7. The topological polar surface area (TPSA) is 13.8 Å². The minimum absolute atomic E-state index is 0.0519. The van der Waals surface area contributed by atoms with Crippen LogP contribution in [0.5, 0.6) is 0 Å². The molecule has 3 nitrogen and oxygen atoms in total. The monoisotopic (exact) mass is 1270 g/mol. The molecule has 0 fully saturated rings. The minimum atomic E-state index is -0.0768. The Morgan fingerprint density at radius 3 is 1.18 bits per heavy atom. The molecule has 0 aliphatic carbocycles. The van der Waals surface area contributed by atoms with E-state index >= 15 is 0 Å². The summed E-state index contributed by atoms with van der Waals surface area (Å²) >= 11 is 1.93. The van der Waals surface area contributed by atoms with Gasteiger partial charge in [-0.05, 0) is 184 Å². The molecular formula is C92H87N3S. The smallest absolute Gasteiger partial charge is 0.109 e. The van der Waals surface area contributed by atoms with Gasteiger partial charge in [-0.2, -0.15) is 0 Å². The Hall–Kier alpha value is -9.22. The molecule has 96 heavy (non-hydrogen) atoms.